The minimum atomic E-state index is -4.34. The lowest BCUT2D eigenvalue weighted by Crippen LogP contribution is -2.26. The number of anilines is 1. The standard InChI is InChI=1S/C21H26F3NO/c1-4-15(3)19-11-6-7-12-20(19)26-18(5-2)14-25-17-10-8-9-16(13-17)21(22,23)24/h6-13,15,18,25H,4-5,14H2,1-3H3/t15-,18+/m1/s1. The molecule has 2 aromatic rings. The molecular weight excluding hydrogens is 339 g/mol. The molecule has 2 aromatic carbocycles. The van der Waals surface area contributed by atoms with E-state index in [0.717, 1.165) is 36.3 Å². The fourth-order valence-corrected chi connectivity index (χ4v) is 2.70. The molecule has 0 spiro atoms. The van der Waals surface area contributed by atoms with E-state index in [2.05, 4.69) is 25.2 Å². The molecule has 0 saturated heterocycles. The van der Waals surface area contributed by atoms with E-state index in [1.807, 2.05) is 25.1 Å². The average molecular weight is 365 g/mol. The van der Waals surface area contributed by atoms with E-state index < -0.39 is 11.7 Å². The smallest absolute Gasteiger partial charge is 0.416 e. The highest BCUT2D eigenvalue weighted by atomic mass is 19.4. The number of hydrogen-bond donors (Lipinski definition) is 1. The molecule has 0 saturated carbocycles. The first-order chi connectivity index (χ1) is 12.3. The van der Waals surface area contributed by atoms with Crippen molar-refractivity contribution in [3.63, 3.8) is 0 Å². The Morgan fingerprint density at radius 2 is 1.73 bits per heavy atom. The van der Waals surface area contributed by atoms with Gasteiger partial charge in [0.1, 0.15) is 11.9 Å². The van der Waals surface area contributed by atoms with Gasteiger partial charge >= 0.3 is 6.18 Å². The maximum absolute atomic E-state index is 12.8. The molecule has 5 heteroatoms. The first kappa shape index (κ1) is 20.1. The molecule has 2 nitrogen and oxygen atoms in total. The fraction of sp³-hybridized carbons (Fsp3) is 0.429. The third-order valence-corrected chi connectivity index (χ3v) is 4.54. The quantitative estimate of drug-likeness (QED) is 0.577. The van der Waals surface area contributed by atoms with Gasteiger partial charge in [-0.05, 0) is 48.6 Å². The number of benzene rings is 2. The molecule has 26 heavy (non-hydrogen) atoms. The Morgan fingerprint density at radius 3 is 2.38 bits per heavy atom. The Morgan fingerprint density at radius 1 is 1.00 bits per heavy atom. The number of nitrogens with one attached hydrogen (secondary N) is 1. The van der Waals surface area contributed by atoms with Crippen LogP contribution in [0.1, 0.15) is 50.7 Å². The summed E-state index contributed by atoms with van der Waals surface area (Å²) in [5, 5.41) is 3.07. The van der Waals surface area contributed by atoms with Crippen molar-refractivity contribution in [2.45, 2.75) is 51.8 Å². The molecule has 0 aliphatic rings. The zero-order valence-electron chi connectivity index (χ0n) is 15.4. The summed E-state index contributed by atoms with van der Waals surface area (Å²) in [4.78, 5) is 0. The summed E-state index contributed by atoms with van der Waals surface area (Å²) in [6.45, 7) is 6.73. The van der Waals surface area contributed by atoms with E-state index in [0.29, 0.717) is 18.2 Å². The van der Waals surface area contributed by atoms with Gasteiger partial charge in [0.15, 0.2) is 0 Å². The summed E-state index contributed by atoms with van der Waals surface area (Å²) in [7, 11) is 0. The highest BCUT2D eigenvalue weighted by Gasteiger charge is 2.30. The van der Waals surface area contributed by atoms with Crippen LogP contribution in [0.3, 0.4) is 0 Å². The number of ether oxygens (including phenoxy) is 1. The van der Waals surface area contributed by atoms with Crippen molar-refractivity contribution in [2.75, 3.05) is 11.9 Å². The van der Waals surface area contributed by atoms with Crippen LogP contribution in [0.25, 0.3) is 0 Å². The third-order valence-electron chi connectivity index (χ3n) is 4.54. The highest BCUT2D eigenvalue weighted by Crippen LogP contribution is 2.31. The van der Waals surface area contributed by atoms with Crippen LogP contribution < -0.4 is 10.1 Å². The largest absolute Gasteiger partial charge is 0.488 e. The second-order valence-corrected chi connectivity index (χ2v) is 6.45. The van der Waals surface area contributed by atoms with Crippen LogP contribution in [0.5, 0.6) is 5.75 Å². The zero-order valence-corrected chi connectivity index (χ0v) is 15.4. The molecule has 0 aliphatic heterocycles. The molecular formula is C21H26F3NO. The molecule has 0 aromatic heterocycles. The number of alkyl halides is 3. The lowest BCUT2D eigenvalue weighted by molar-refractivity contribution is -0.137. The summed E-state index contributed by atoms with van der Waals surface area (Å²) in [5.41, 5.74) is 0.947. The topological polar surface area (TPSA) is 21.3 Å². The minimum Gasteiger partial charge on any atom is -0.488 e. The molecule has 2 atom stereocenters. The molecule has 142 valence electrons. The van der Waals surface area contributed by atoms with Gasteiger partial charge in [-0.3, -0.25) is 0 Å². The fourth-order valence-electron chi connectivity index (χ4n) is 2.70. The van der Waals surface area contributed by atoms with Crippen molar-refractivity contribution in [3.8, 4) is 5.75 Å². The van der Waals surface area contributed by atoms with Crippen LogP contribution >= 0.6 is 0 Å². The lowest BCUT2D eigenvalue weighted by atomic mass is 9.98. The molecule has 0 radical (unpaired) electrons. The Balaban J connectivity index is 2.05. The molecule has 1 N–H and O–H groups in total. The summed E-state index contributed by atoms with van der Waals surface area (Å²) in [6.07, 6.45) is -2.71. The summed E-state index contributed by atoms with van der Waals surface area (Å²) < 4.78 is 44.6. The summed E-state index contributed by atoms with van der Waals surface area (Å²) in [6, 6.07) is 13.2. The van der Waals surface area contributed by atoms with E-state index in [-0.39, 0.29) is 6.10 Å². The summed E-state index contributed by atoms with van der Waals surface area (Å²) in [5.74, 6) is 1.24. The monoisotopic (exact) mass is 365 g/mol. The van der Waals surface area contributed by atoms with Gasteiger partial charge < -0.3 is 10.1 Å². The van der Waals surface area contributed by atoms with Gasteiger partial charge in [-0.1, -0.05) is 45.0 Å². The summed E-state index contributed by atoms with van der Waals surface area (Å²) >= 11 is 0. The van der Waals surface area contributed by atoms with E-state index in [9.17, 15) is 13.2 Å². The van der Waals surface area contributed by atoms with Crippen molar-refractivity contribution in [2.24, 2.45) is 0 Å². The predicted molar refractivity (Wildman–Crippen MR) is 99.8 cm³/mol. The lowest BCUT2D eigenvalue weighted by Gasteiger charge is -2.22. The van der Waals surface area contributed by atoms with Crippen molar-refractivity contribution < 1.29 is 17.9 Å². The van der Waals surface area contributed by atoms with Crippen LogP contribution in [-0.4, -0.2) is 12.6 Å². The molecule has 2 rings (SSSR count). The molecule has 0 fully saturated rings. The van der Waals surface area contributed by atoms with Gasteiger partial charge in [-0.25, -0.2) is 0 Å². The van der Waals surface area contributed by atoms with Crippen molar-refractivity contribution >= 4 is 5.69 Å². The normalized spacial score (nSPS) is 13.9. The van der Waals surface area contributed by atoms with Crippen molar-refractivity contribution in [1.29, 1.82) is 0 Å². The van der Waals surface area contributed by atoms with Crippen LogP contribution in [0.2, 0.25) is 0 Å². The maximum Gasteiger partial charge on any atom is 0.416 e. The van der Waals surface area contributed by atoms with Gasteiger partial charge in [0.2, 0.25) is 0 Å². The van der Waals surface area contributed by atoms with E-state index in [4.69, 9.17) is 4.74 Å². The zero-order chi connectivity index (χ0) is 19.2. The van der Waals surface area contributed by atoms with E-state index in [1.165, 1.54) is 6.07 Å². The molecule has 0 heterocycles. The average Bonchev–Trinajstić information content (AvgIpc) is 2.64. The van der Waals surface area contributed by atoms with Crippen LogP contribution in [-0.2, 0) is 6.18 Å². The first-order valence-corrected chi connectivity index (χ1v) is 9.01. The predicted octanol–water partition coefficient (Wildman–Crippen LogP) is 6.49. The van der Waals surface area contributed by atoms with E-state index >= 15 is 0 Å². The second-order valence-electron chi connectivity index (χ2n) is 6.45. The third kappa shape index (κ3) is 5.41. The Bertz CT molecular complexity index is 700. The Kier molecular flexibility index (Phi) is 6.95. The van der Waals surface area contributed by atoms with Crippen molar-refractivity contribution in [3.05, 3.63) is 59.7 Å². The Hall–Kier alpha value is -2.17. The number of hydrogen-bond acceptors (Lipinski definition) is 2. The SMILES string of the molecule is CC[C@@H](CNc1cccc(C(F)(F)F)c1)Oc1ccccc1[C@H](C)CC. The number of rotatable bonds is 8. The van der Waals surface area contributed by atoms with E-state index in [1.54, 1.807) is 6.07 Å². The molecule has 0 aliphatic carbocycles. The Labute approximate surface area is 153 Å². The van der Waals surface area contributed by atoms with Gasteiger partial charge in [-0.2, -0.15) is 13.2 Å². The molecule has 0 amide bonds. The van der Waals surface area contributed by atoms with Crippen LogP contribution in [0.15, 0.2) is 48.5 Å². The first-order valence-electron chi connectivity index (χ1n) is 9.01. The number of halogens is 3. The van der Waals surface area contributed by atoms with Crippen LogP contribution in [0, 0.1) is 0 Å². The minimum absolute atomic E-state index is 0.130. The van der Waals surface area contributed by atoms with Gasteiger partial charge in [0.05, 0.1) is 12.1 Å². The highest BCUT2D eigenvalue weighted by molar-refractivity contribution is 5.46. The molecule has 0 unspecified atom stereocenters. The molecule has 0 bridgehead atoms. The van der Waals surface area contributed by atoms with Crippen LogP contribution in [0.4, 0.5) is 18.9 Å². The number of para-hydroxylation sites is 1. The van der Waals surface area contributed by atoms with Crippen molar-refractivity contribution in [1.82, 2.24) is 0 Å². The van der Waals surface area contributed by atoms with Gasteiger partial charge in [0.25, 0.3) is 0 Å². The van der Waals surface area contributed by atoms with Gasteiger partial charge in [0, 0.05) is 5.69 Å². The maximum atomic E-state index is 12.8. The van der Waals surface area contributed by atoms with Gasteiger partial charge in [-0.15, -0.1) is 0 Å². The second kappa shape index (κ2) is 8.97.